The van der Waals surface area contributed by atoms with Crippen molar-refractivity contribution in [2.24, 2.45) is 0 Å². The van der Waals surface area contributed by atoms with Gasteiger partial charge in [-0.25, -0.2) is 9.59 Å². The van der Waals surface area contributed by atoms with Gasteiger partial charge in [-0.15, -0.1) is 6.58 Å². The number of esters is 1. The summed E-state index contributed by atoms with van der Waals surface area (Å²) in [5.74, 6) is -0.993. The summed E-state index contributed by atoms with van der Waals surface area (Å²) in [7, 11) is 0. The Labute approximate surface area is 141 Å². The zero-order valence-electron chi connectivity index (χ0n) is 13.0. The summed E-state index contributed by atoms with van der Waals surface area (Å²) in [5, 5.41) is 3.03. The molecule has 1 amide bonds. The summed E-state index contributed by atoms with van der Waals surface area (Å²) >= 11 is 0. The molecule has 0 bridgehead atoms. The molecule has 1 N–H and O–H groups in total. The molecule has 7 heteroatoms. The molecule has 0 fully saturated rings. The fourth-order valence-corrected chi connectivity index (χ4v) is 2.13. The van der Waals surface area contributed by atoms with Crippen molar-refractivity contribution in [1.29, 1.82) is 0 Å². The van der Waals surface area contributed by atoms with E-state index < -0.39 is 17.5 Å². The summed E-state index contributed by atoms with van der Waals surface area (Å²) in [6.45, 7) is 3.72. The molecule has 2 heterocycles. The first-order valence-corrected chi connectivity index (χ1v) is 7.31. The Kier molecular flexibility index (Phi) is 4.47. The maximum Gasteiger partial charge on any atom is 0.379 e. The molecule has 1 aromatic carbocycles. The number of amides is 1. The molecule has 0 aliphatic carbocycles. The first kappa shape index (κ1) is 16.3. The van der Waals surface area contributed by atoms with Gasteiger partial charge in [-0.2, -0.15) is 0 Å². The Morgan fingerprint density at radius 2 is 2.08 bits per heavy atom. The molecule has 0 aliphatic heterocycles. The topological polar surface area (TPSA) is 98.8 Å². The number of nitrogens with one attached hydrogen (secondary N) is 1. The fourth-order valence-electron chi connectivity index (χ4n) is 2.13. The maximum absolute atomic E-state index is 12.0. The van der Waals surface area contributed by atoms with Crippen LogP contribution in [0.2, 0.25) is 0 Å². The van der Waals surface area contributed by atoms with Gasteiger partial charge in [-0.3, -0.25) is 4.79 Å². The molecule has 25 heavy (non-hydrogen) atoms. The zero-order chi connectivity index (χ0) is 17.8. The van der Waals surface area contributed by atoms with E-state index in [1.54, 1.807) is 12.1 Å². The van der Waals surface area contributed by atoms with E-state index in [0.717, 1.165) is 0 Å². The number of hydrogen-bond acceptors (Lipinski definition) is 6. The fraction of sp³-hybridized carbons (Fsp3) is 0.0556. The summed E-state index contributed by atoms with van der Waals surface area (Å²) in [5.41, 5.74) is -0.715. The Morgan fingerprint density at radius 3 is 2.80 bits per heavy atom. The summed E-state index contributed by atoms with van der Waals surface area (Å²) < 4.78 is 15.3. The number of fused-ring (bicyclic) bond motifs is 1. The second kappa shape index (κ2) is 6.88. The minimum absolute atomic E-state index is 0.0517. The van der Waals surface area contributed by atoms with Crippen molar-refractivity contribution in [3.63, 3.8) is 0 Å². The molecule has 2 aromatic heterocycles. The van der Waals surface area contributed by atoms with Crippen molar-refractivity contribution in [1.82, 2.24) is 5.32 Å². The highest BCUT2D eigenvalue weighted by atomic mass is 16.5. The molecule has 7 nitrogen and oxygen atoms in total. The van der Waals surface area contributed by atoms with Crippen molar-refractivity contribution in [2.45, 2.75) is 0 Å². The van der Waals surface area contributed by atoms with Crippen LogP contribution in [0.5, 0.6) is 5.75 Å². The number of rotatable bonds is 5. The lowest BCUT2D eigenvalue weighted by Gasteiger charge is -2.05. The van der Waals surface area contributed by atoms with Gasteiger partial charge in [-0.1, -0.05) is 6.08 Å². The SMILES string of the molecule is C=CCNC(=O)c1cc2ccc(OC(=O)c3ccco3)cc2oc1=O. The first-order chi connectivity index (χ1) is 12.1. The number of carbonyl (C=O) groups is 2. The van der Waals surface area contributed by atoms with E-state index in [1.165, 1.54) is 36.6 Å². The van der Waals surface area contributed by atoms with Crippen LogP contribution in [0.1, 0.15) is 20.9 Å². The van der Waals surface area contributed by atoms with E-state index in [4.69, 9.17) is 13.6 Å². The van der Waals surface area contributed by atoms with E-state index >= 15 is 0 Å². The van der Waals surface area contributed by atoms with Gasteiger partial charge < -0.3 is 18.9 Å². The van der Waals surface area contributed by atoms with Crippen LogP contribution in [0.4, 0.5) is 0 Å². The highest BCUT2D eigenvalue weighted by molar-refractivity contribution is 5.97. The number of benzene rings is 1. The van der Waals surface area contributed by atoms with Crippen LogP contribution < -0.4 is 15.7 Å². The molecule has 0 radical (unpaired) electrons. The molecule has 0 saturated carbocycles. The second-order valence-electron chi connectivity index (χ2n) is 5.01. The van der Waals surface area contributed by atoms with E-state index in [-0.39, 0.29) is 29.2 Å². The highest BCUT2D eigenvalue weighted by Gasteiger charge is 2.15. The van der Waals surface area contributed by atoms with Gasteiger partial charge >= 0.3 is 11.6 Å². The van der Waals surface area contributed by atoms with Crippen LogP contribution in [0.15, 0.2) is 68.9 Å². The largest absolute Gasteiger partial charge is 0.457 e. The predicted octanol–water partition coefficient (Wildman–Crippen LogP) is 2.52. The third-order valence-corrected chi connectivity index (χ3v) is 3.29. The normalized spacial score (nSPS) is 10.4. The van der Waals surface area contributed by atoms with Crippen LogP contribution in [-0.4, -0.2) is 18.4 Å². The predicted molar refractivity (Wildman–Crippen MR) is 88.7 cm³/mol. The van der Waals surface area contributed by atoms with Gasteiger partial charge in [0.2, 0.25) is 5.76 Å². The molecule has 3 rings (SSSR count). The summed E-state index contributed by atoms with van der Waals surface area (Å²) in [4.78, 5) is 35.7. The Balaban J connectivity index is 1.88. The molecule has 0 spiro atoms. The number of carbonyl (C=O) groups excluding carboxylic acids is 2. The van der Waals surface area contributed by atoms with E-state index in [1.807, 2.05) is 0 Å². The van der Waals surface area contributed by atoms with Crippen molar-refractivity contribution in [3.05, 3.63) is 77.1 Å². The van der Waals surface area contributed by atoms with Gasteiger partial charge in [0.1, 0.15) is 16.9 Å². The third kappa shape index (κ3) is 3.50. The lowest BCUT2D eigenvalue weighted by molar-refractivity contribution is 0.0701. The van der Waals surface area contributed by atoms with Crippen LogP contribution in [0.25, 0.3) is 11.0 Å². The van der Waals surface area contributed by atoms with Gasteiger partial charge in [0.05, 0.1) is 6.26 Å². The minimum atomic E-state index is -0.788. The summed E-state index contributed by atoms with van der Waals surface area (Å²) in [6, 6.07) is 8.94. The molecule has 0 unspecified atom stereocenters. The Bertz CT molecular complexity index is 1000. The highest BCUT2D eigenvalue weighted by Crippen LogP contribution is 2.21. The molecule has 3 aromatic rings. The first-order valence-electron chi connectivity index (χ1n) is 7.31. The number of ether oxygens (including phenoxy) is 1. The van der Waals surface area contributed by atoms with Crippen LogP contribution in [-0.2, 0) is 0 Å². The summed E-state index contributed by atoms with van der Waals surface area (Å²) in [6.07, 6.45) is 2.86. The van der Waals surface area contributed by atoms with Gasteiger partial charge in [0, 0.05) is 18.0 Å². The molecule has 0 aliphatic rings. The lowest BCUT2D eigenvalue weighted by atomic mass is 10.1. The van der Waals surface area contributed by atoms with Crippen LogP contribution in [0, 0.1) is 0 Å². The zero-order valence-corrected chi connectivity index (χ0v) is 13.0. The van der Waals surface area contributed by atoms with Crippen LogP contribution >= 0.6 is 0 Å². The maximum atomic E-state index is 12.0. The van der Waals surface area contributed by atoms with Gasteiger partial charge in [0.25, 0.3) is 5.91 Å². The van der Waals surface area contributed by atoms with Gasteiger partial charge in [-0.05, 0) is 30.3 Å². The monoisotopic (exact) mass is 339 g/mol. The minimum Gasteiger partial charge on any atom is -0.457 e. The lowest BCUT2D eigenvalue weighted by Crippen LogP contribution is -2.28. The second-order valence-corrected chi connectivity index (χ2v) is 5.01. The van der Waals surface area contributed by atoms with Gasteiger partial charge in [0.15, 0.2) is 0 Å². The van der Waals surface area contributed by atoms with E-state index in [0.29, 0.717) is 5.39 Å². The molecular weight excluding hydrogens is 326 g/mol. The van der Waals surface area contributed by atoms with Crippen LogP contribution in [0.3, 0.4) is 0 Å². The third-order valence-electron chi connectivity index (χ3n) is 3.29. The standard InChI is InChI=1S/C18H13NO6/c1-2-7-19-16(20)13-9-11-5-6-12(10-15(11)25-17(13)21)24-18(22)14-4-3-8-23-14/h2-6,8-10H,1,7H2,(H,19,20). The number of furan rings is 1. The Morgan fingerprint density at radius 1 is 1.24 bits per heavy atom. The quantitative estimate of drug-likeness (QED) is 0.332. The molecular formula is C18H13NO6. The van der Waals surface area contributed by atoms with Crippen molar-refractivity contribution in [2.75, 3.05) is 6.54 Å². The van der Waals surface area contributed by atoms with E-state index in [2.05, 4.69) is 11.9 Å². The average molecular weight is 339 g/mol. The van der Waals surface area contributed by atoms with Crippen molar-refractivity contribution in [3.8, 4) is 5.75 Å². The molecule has 126 valence electrons. The van der Waals surface area contributed by atoms with Crippen molar-refractivity contribution < 1.29 is 23.2 Å². The Hall–Kier alpha value is -3.61. The van der Waals surface area contributed by atoms with Crippen molar-refractivity contribution >= 4 is 22.8 Å². The smallest absolute Gasteiger partial charge is 0.379 e. The molecule has 0 atom stereocenters. The molecule has 0 saturated heterocycles. The van der Waals surface area contributed by atoms with E-state index in [9.17, 15) is 14.4 Å². The number of hydrogen-bond donors (Lipinski definition) is 1. The average Bonchev–Trinajstić information content (AvgIpc) is 3.13.